The second-order valence-electron chi connectivity index (χ2n) is 4.34. The molecule has 2 nitrogen and oxygen atoms in total. The predicted molar refractivity (Wildman–Crippen MR) is 65.2 cm³/mol. The summed E-state index contributed by atoms with van der Waals surface area (Å²) in [7, 11) is 0. The fraction of sp³-hybridized carbons (Fsp3) is 0.917. The van der Waals surface area contributed by atoms with Crippen LogP contribution in [0.15, 0.2) is 0 Å². The second-order valence-corrected chi connectivity index (χ2v) is 5.63. The first-order chi connectivity index (χ1) is 7.24. The zero-order valence-corrected chi connectivity index (χ0v) is 11.1. The third-order valence-corrected chi connectivity index (χ3v) is 3.79. The Bertz CT molecular complexity index is 194. The highest BCUT2D eigenvalue weighted by molar-refractivity contribution is 9.09. The number of ether oxygens (including phenoxy) is 1. The predicted octanol–water partition coefficient (Wildman–Crippen LogP) is 3.67. The monoisotopic (exact) mass is 276 g/mol. The molecule has 0 saturated carbocycles. The van der Waals surface area contributed by atoms with Crippen molar-refractivity contribution in [1.29, 1.82) is 0 Å². The molecular formula is C12H21BrO2. The average molecular weight is 277 g/mol. The van der Waals surface area contributed by atoms with Crippen molar-refractivity contribution in [2.24, 2.45) is 5.92 Å². The van der Waals surface area contributed by atoms with E-state index in [4.69, 9.17) is 4.74 Å². The van der Waals surface area contributed by atoms with E-state index in [0.29, 0.717) is 11.4 Å². The Morgan fingerprint density at radius 2 is 2.27 bits per heavy atom. The van der Waals surface area contributed by atoms with Gasteiger partial charge in [-0.15, -0.1) is 0 Å². The highest BCUT2D eigenvalue weighted by Crippen LogP contribution is 2.25. The first-order valence-electron chi connectivity index (χ1n) is 6.04. The zero-order chi connectivity index (χ0) is 11.1. The highest BCUT2D eigenvalue weighted by Gasteiger charge is 2.28. The normalized spacial score (nSPS) is 22.8. The fourth-order valence-corrected chi connectivity index (χ4v) is 2.75. The van der Waals surface area contributed by atoms with Crippen LogP contribution in [0.1, 0.15) is 51.9 Å². The van der Waals surface area contributed by atoms with Crippen LogP contribution in [0, 0.1) is 5.92 Å². The summed E-state index contributed by atoms with van der Waals surface area (Å²) in [6.45, 7) is 2.85. The van der Waals surface area contributed by atoms with Crippen molar-refractivity contribution in [1.82, 2.24) is 0 Å². The van der Waals surface area contributed by atoms with Gasteiger partial charge in [-0.1, -0.05) is 48.5 Å². The van der Waals surface area contributed by atoms with Crippen molar-refractivity contribution in [3.8, 4) is 0 Å². The van der Waals surface area contributed by atoms with Crippen molar-refractivity contribution >= 4 is 21.9 Å². The van der Waals surface area contributed by atoms with E-state index in [1.165, 1.54) is 32.1 Å². The van der Waals surface area contributed by atoms with Gasteiger partial charge in [0.15, 0.2) is 0 Å². The summed E-state index contributed by atoms with van der Waals surface area (Å²) in [5.41, 5.74) is 0. The largest absolute Gasteiger partial charge is 0.465 e. The number of unbranched alkanes of at least 4 members (excludes halogenated alkanes) is 3. The third kappa shape index (κ3) is 5.01. The number of esters is 1. The van der Waals surface area contributed by atoms with Crippen LogP contribution in [0.4, 0.5) is 0 Å². The van der Waals surface area contributed by atoms with Gasteiger partial charge in [-0.2, -0.15) is 0 Å². The summed E-state index contributed by atoms with van der Waals surface area (Å²) in [4.78, 5) is 11.7. The molecule has 0 bridgehead atoms. The second kappa shape index (κ2) is 7.26. The molecule has 0 aliphatic carbocycles. The van der Waals surface area contributed by atoms with Crippen LogP contribution < -0.4 is 0 Å². The van der Waals surface area contributed by atoms with Crippen molar-refractivity contribution in [2.75, 3.05) is 6.61 Å². The summed E-state index contributed by atoms with van der Waals surface area (Å²) in [6.07, 6.45) is 8.23. The van der Waals surface area contributed by atoms with E-state index in [1.54, 1.807) is 0 Å². The lowest BCUT2D eigenvalue weighted by Gasteiger charge is -2.11. The van der Waals surface area contributed by atoms with Gasteiger partial charge in [-0.25, -0.2) is 0 Å². The van der Waals surface area contributed by atoms with E-state index < -0.39 is 0 Å². The lowest BCUT2D eigenvalue weighted by Crippen LogP contribution is -2.13. The van der Waals surface area contributed by atoms with Crippen molar-refractivity contribution in [3.63, 3.8) is 0 Å². The zero-order valence-electron chi connectivity index (χ0n) is 9.51. The third-order valence-electron chi connectivity index (χ3n) is 2.96. The van der Waals surface area contributed by atoms with Crippen LogP contribution in [0.25, 0.3) is 0 Å². The van der Waals surface area contributed by atoms with Crippen LogP contribution in [0.2, 0.25) is 0 Å². The minimum Gasteiger partial charge on any atom is -0.465 e. The molecular weight excluding hydrogens is 256 g/mol. The number of carbonyl (C=O) groups is 1. The van der Waals surface area contributed by atoms with Gasteiger partial charge in [0, 0.05) is 4.83 Å². The van der Waals surface area contributed by atoms with Gasteiger partial charge in [-0.05, 0) is 19.3 Å². The Morgan fingerprint density at radius 3 is 2.87 bits per heavy atom. The van der Waals surface area contributed by atoms with Gasteiger partial charge in [0.1, 0.15) is 0 Å². The van der Waals surface area contributed by atoms with Gasteiger partial charge in [0.25, 0.3) is 0 Å². The minimum atomic E-state index is 0.00741. The Labute approximate surface area is 101 Å². The molecule has 3 heteroatoms. The fourth-order valence-electron chi connectivity index (χ4n) is 1.97. The van der Waals surface area contributed by atoms with Gasteiger partial charge < -0.3 is 4.74 Å². The van der Waals surface area contributed by atoms with Crippen molar-refractivity contribution in [3.05, 3.63) is 0 Å². The molecule has 0 aromatic heterocycles. The van der Waals surface area contributed by atoms with Crippen molar-refractivity contribution in [2.45, 2.75) is 56.7 Å². The molecule has 0 aromatic carbocycles. The SMILES string of the molecule is CCCCCCC(Br)CC1CCOC1=O. The Balaban J connectivity index is 2.07. The van der Waals surface area contributed by atoms with Gasteiger partial charge in [0.05, 0.1) is 12.5 Å². The van der Waals surface area contributed by atoms with Crippen LogP contribution >= 0.6 is 15.9 Å². The number of alkyl halides is 1. The van der Waals surface area contributed by atoms with Crippen LogP contribution in [0.5, 0.6) is 0 Å². The molecule has 1 aliphatic heterocycles. The molecule has 1 saturated heterocycles. The van der Waals surface area contributed by atoms with E-state index in [2.05, 4.69) is 22.9 Å². The maximum absolute atomic E-state index is 11.2. The van der Waals surface area contributed by atoms with Crippen molar-refractivity contribution < 1.29 is 9.53 Å². The summed E-state index contributed by atoms with van der Waals surface area (Å²) >= 11 is 3.66. The molecule has 1 fully saturated rings. The molecule has 0 aromatic rings. The Kier molecular flexibility index (Phi) is 6.30. The molecule has 0 radical (unpaired) electrons. The molecule has 0 spiro atoms. The highest BCUT2D eigenvalue weighted by atomic mass is 79.9. The standard InChI is InChI=1S/C12H21BrO2/c1-2-3-4-5-6-11(13)9-10-7-8-15-12(10)14/h10-11H,2-9H2,1H3. The topological polar surface area (TPSA) is 26.3 Å². The van der Waals surface area contributed by atoms with E-state index >= 15 is 0 Å². The van der Waals surface area contributed by atoms with E-state index in [1.807, 2.05) is 0 Å². The van der Waals surface area contributed by atoms with Gasteiger partial charge in [0.2, 0.25) is 0 Å². The smallest absolute Gasteiger partial charge is 0.309 e. The molecule has 88 valence electrons. The maximum atomic E-state index is 11.2. The first-order valence-corrected chi connectivity index (χ1v) is 6.96. The number of cyclic esters (lactones) is 1. The van der Waals surface area contributed by atoms with Crippen LogP contribution in [-0.4, -0.2) is 17.4 Å². The summed E-state index contributed by atoms with van der Waals surface area (Å²) < 4.78 is 4.95. The molecule has 0 N–H and O–H groups in total. The van der Waals surface area contributed by atoms with Crippen LogP contribution in [-0.2, 0) is 9.53 Å². The molecule has 2 unspecified atom stereocenters. The summed E-state index contributed by atoms with van der Waals surface area (Å²) in [5.74, 6) is 0.161. The summed E-state index contributed by atoms with van der Waals surface area (Å²) in [5, 5.41) is 0. The lowest BCUT2D eigenvalue weighted by atomic mass is 9.99. The Morgan fingerprint density at radius 1 is 1.47 bits per heavy atom. The first kappa shape index (κ1) is 13.0. The van der Waals surface area contributed by atoms with Gasteiger partial charge >= 0.3 is 5.97 Å². The van der Waals surface area contributed by atoms with E-state index in [-0.39, 0.29) is 11.9 Å². The van der Waals surface area contributed by atoms with E-state index in [0.717, 1.165) is 12.8 Å². The number of hydrogen-bond acceptors (Lipinski definition) is 2. The summed E-state index contributed by atoms with van der Waals surface area (Å²) in [6, 6.07) is 0. The number of hydrogen-bond donors (Lipinski definition) is 0. The van der Waals surface area contributed by atoms with Crippen LogP contribution in [0.3, 0.4) is 0 Å². The quantitative estimate of drug-likeness (QED) is 0.403. The molecule has 0 amide bonds. The number of halogens is 1. The maximum Gasteiger partial charge on any atom is 0.309 e. The Hall–Kier alpha value is -0.0500. The number of rotatable bonds is 7. The molecule has 15 heavy (non-hydrogen) atoms. The molecule has 1 aliphatic rings. The molecule has 1 rings (SSSR count). The van der Waals surface area contributed by atoms with E-state index in [9.17, 15) is 4.79 Å². The number of carbonyl (C=O) groups excluding carboxylic acids is 1. The van der Waals surface area contributed by atoms with Gasteiger partial charge in [-0.3, -0.25) is 4.79 Å². The average Bonchev–Trinajstić information content (AvgIpc) is 2.59. The lowest BCUT2D eigenvalue weighted by molar-refractivity contribution is -0.141. The molecule has 1 heterocycles. The molecule has 2 atom stereocenters. The minimum absolute atomic E-state index is 0.00741.